The van der Waals surface area contributed by atoms with Gasteiger partial charge in [-0.2, -0.15) is 0 Å². The molecule has 0 spiro atoms. The Morgan fingerprint density at radius 3 is 2.59 bits per heavy atom. The van der Waals surface area contributed by atoms with E-state index in [1.54, 1.807) is 24.3 Å². The van der Waals surface area contributed by atoms with E-state index in [0.717, 1.165) is 0 Å². The summed E-state index contributed by atoms with van der Waals surface area (Å²) < 4.78 is 0. The van der Waals surface area contributed by atoms with Gasteiger partial charge in [0.25, 0.3) is 11.6 Å². The maximum Gasteiger partial charge on any atom is 0.299 e. The van der Waals surface area contributed by atoms with Crippen molar-refractivity contribution >= 4 is 17.3 Å². The number of benzene rings is 1. The van der Waals surface area contributed by atoms with Gasteiger partial charge in [-0.3, -0.25) is 14.9 Å². The van der Waals surface area contributed by atoms with Crippen molar-refractivity contribution in [2.24, 2.45) is 0 Å². The number of anilines is 1. The molecule has 0 aliphatic carbocycles. The minimum atomic E-state index is -0.601. The highest BCUT2D eigenvalue weighted by Crippen LogP contribution is 2.17. The highest BCUT2D eigenvalue weighted by Gasteiger charge is 2.21. The Morgan fingerprint density at radius 2 is 1.94 bits per heavy atom. The fraction of sp³-hybridized carbons (Fsp3) is 0. The number of aromatic nitrogens is 1. The zero-order valence-electron chi connectivity index (χ0n) is 8.71. The van der Waals surface area contributed by atoms with Crippen molar-refractivity contribution in [1.82, 2.24) is 4.98 Å². The van der Waals surface area contributed by atoms with Crippen LogP contribution in [0.4, 0.5) is 11.4 Å². The van der Waals surface area contributed by atoms with Crippen molar-refractivity contribution in [2.45, 2.75) is 0 Å². The number of H-pyrrole nitrogens is 1. The van der Waals surface area contributed by atoms with Crippen LogP contribution < -0.4 is 5.32 Å². The van der Waals surface area contributed by atoms with Gasteiger partial charge in [-0.15, -0.1) is 0 Å². The number of para-hydroxylation sites is 1. The fourth-order valence-corrected chi connectivity index (χ4v) is 1.41. The van der Waals surface area contributed by atoms with Gasteiger partial charge < -0.3 is 10.3 Å². The van der Waals surface area contributed by atoms with Gasteiger partial charge in [-0.05, 0) is 12.1 Å². The van der Waals surface area contributed by atoms with Crippen molar-refractivity contribution in [1.29, 1.82) is 0 Å². The van der Waals surface area contributed by atoms with Crippen LogP contribution in [0.5, 0.6) is 0 Å². The minimum Gasteiger partial charge on any atom is -0.351 e. The van der Waals surface area contributed by atoms with Crippen LogP contribution >= 0.6 is 0 Å². The minimum absolute atomic E-state index is 0.0566. The summed E-state index contributed by atoms with van der Waals surface area (Å²) >= 11 is 0. The molecular formula is C11H9N3O3. The number of carbonyl (C=O) groups excluding carboxylic acids is 1. The molecule has 0 radical (unpaired) electrons. The van der Waals surface area contributed by atoms with E-state index in [2.05, 4.69) is 10.3 Å². The molecule has 2 N–H and O–H groups in total. The second-order valence-electron chi connectivity index (χ2n) is 3.32. The van der Waals surface area contributed by atoms with Crippen molar-refractivity contribution in [3.63, 3.8) is 0 Å². The Bertz CT molecular complexity index is 548. The number of hydrogen-bond donors (Lipinski definition) is 2. The highest BCUT2D eigenvalue weighted by atomic mass is 16.6. The first kappa shape index (κ1) is 10.9. The molecule has 0 aliphatic rings. The van der Waals surface area contributed by atoms with Gasteiger partial charge >= 0.3 is 0 Å². The monoisotopic (exact) mass is 231 g/mol. The van der Waals surface area contributed by atoms with Crippen LogP contribution in [0.15, 0.2) is 42.6 Å². The van der Waals surface area contributed by atoms with E-state index in [0.29, 0.717) is 5.69 Å². The molecule has 1 aromatic carbocycles. The summed E-state index contributed by atoms with van der Waals surface area (Å²) in [5, 5.41) is 13.2. The normalized spacial score (nSPS) is 9.88. The van der Waals surface area contributed by atoms with E-state index in [-0.39, 0.29) is 11.4 Å². The molecule has 0 atom stereocenters. The second kappa shape index (κ2) is 4.48. The molecule has 2 aromatic rings. The Kier molecular flexibility index (Phi) is 2.87. The molecule has 0 saturated carbocycles. The van der Waals surface area contributed by atoms with Gasteiger partial charge in [0, 0.05) is 18.0 Å². The third kappa shape index (κ3) is 2.31. The summed E-state index contributed by atoms with van der Waals surface area (Å²) in [4.78, 5) is 24.4. The summed E-state index contributed by atoms with van der Waals surface area (Å²) in [7, 11) is 0. The van der Waals surface area contributed by atoms with Gasteiger partial charge in [0.05, 0.1) is 4.92 Å². The fourth-order valence-electron chi connectivity index (χ4n) is 1.41. The third-order valence-corrected chi connectivity index (χ3v) is 2.18. The summed E-state index contributed by atoms with van der Waals surface area (Å²) in [6, 6.07) is 9.99. The van der Waals surface area contributed by atoms with E-state index in [9.17, 15) is 14.9 Å². The number of amides is 1. The number of nitro groups is 1. The molecular weight excluding hydrogens is 222 g/mol. The van der Waals surface area contributed by atoms with Crippen molar-refractivity contribution in [3.05, 3.63) is 58.4 Å². The molecule has 0 fully saturated rings. The van der Waals surface area contributed by atoms with Crippen LogP contribution in [0.2, 0.25) is 0 Å². The predicted octanol–water partition coefficient (Wildman–Crippen LogP) is 2.18. The molecule has 1 heterocycles. The van der Waals surface area contributed by atoms with E-state index in [1.807, 2.05) is 6.07 Å². The van der Waals surface area contributed by atoms with E-state index < -0.39 is 10.8 Å². The summed E-state index contributed by atoms with van der Waals surface area (Å²) in [6.45, 7) is 0. The van der Waals surface area contributed by atoms with Gasteiger partial charge in [0.15, 0.2) is 5.69 Å². The average molecular weight is 231 g/mol. The highest BCUT2D eigenvalue weighted by molar-refractivity contribution is 6.05. The SMILES string of the molecule is O=C(Nc1ccccc1)c1[nH]ccc1[N+](=O)[O-]. The van der Waals surface area contributed by atoms with Gasteiger partial charge in [-0.1, -0.05) is 18.2 Å². The molecule has 17 heavy (non-hydrogen) atoms. The van der Waals surface area contributed by atoms with E-state index in [1.165, 1.54) is 12.3 Å². The number of carbonyl (C=O) groups is 1. The summed E-state index contributed by atoms with van der Waals surface area (Å²) in [5.41, 5.74) is 0.290. The maximum atomic E-state index is 11.8. The average Bonchev–Trinajstić information content (AvgIpc) is 2.79. The first-order valence-electron chi connectivity index (χ1n) is 4.86. The molecule has 2 rings (SSSR count). The molecule has 0 aliphatic heterocycles. The first-order chi connectivity index (χ1) is 8.18. The second-order valence-corrected chi connectivity index (χ2v) is 3.32. The predicted molar refractivity (Wildman–Crippen MR) is 61.8 cm³/mol. The van der Waals surface area contributed by atoms with Crippen molar-refractivity contribution < 1.29 is 9.72 Å². The number of nitrogens with zero attached hydrogens (tertiary/aromatic N) is 1. The van der Waals surface area contributed by atoms with Gasteiger partial charge in [0.2, 0.25) is 0 Å². The van der Waals surface area contributed by atoms with Crippen LogP contribution in [0.25, 0.3) is 0 Å². The van der Waals surface area contributed by atoms with Crippen LogP contribution in [-0.4, -0.2) is 15.8 Å². The lowest BCUT2D eigenvalue weighted by Gasteiger charge is -2.02. The molecule has 1 aromatic heterocycles. The molecule has 6 nitrogen and oxygen atoms in total. The van der Waals surface area contributed by atoms with Crippen molar-refractivity contribution in [2.75, 3.05) is 5.32 Å². The lowest BCUT2D eigenvalue weighted by atomic mass is 10.3. The van der Waals surface area contributed by atoms with E-state index in [4.69, 9.17) is 0 Å². The topological polar surface area (TPSA) is 88.0 Å². The quantitative estimate of drug-likeness (QED) is 0.626. The van der Waals surface area contributed by atoms with Crippen LogP contribution in [-0.2, 0) is 0 Å². The lowest BCUT2D eigenvalue weighted by Crippen LogP contribution is -2.13. The number of nitrogens with one attached hydrogen (secondary N) is 2. The smallest absolute Gasteiger partial charge is 0.299 e. The molecule has 1 amide bonds. The number of hydrogen-bond acceptors (Lipinski definition) is 3. The zero-order chi connectivity index (χ0) is 12.3. The van der Waals surface area contributed by atoms with Crippen molar-refractivity contribution in [3.8, 4) is 0 Å². The Morgan fingerprint density at radius 1 is 1.24 bits per heavy atom. The zero-order valence-corrected chi connectivity index (χ0v) is 8.71. The van der Waals surface area contributed by atoms with Crippen LogP contribution in [0.1, 0.15) is 10.5 Å². The van der Waals surface area contributed by atoms with E-state index >= 15 is 0 Å². The molecule has 0 unspecified atom stereocenters. The van der Waals surface area contributed by atoms with Crippen LogP contribution in [0, 0.1) is 10.1 Å². The number of aromatic amines is 1. The maximum absolute atomic E-state index is 11.8. The Labute approximate surface area is 96.4 Å². The van der Waals surface area contributed by atoms with Gasteiger partial charge in [-0.25, -0.2) is 0 Å². The van der Waals surface area contributed by atoms with Gasteiger partial charge in [0.1, 0.15) is 0 Å². The molecule has 0 bridgehead atoms. The lowest BCUT2D eigenvalue weighted by molar-refractivity contribution is -0.385. The molecule has 6 heteroatoms. The summed E-state index contributed by atoms with van der Waals surface area (Å²) in [5.74, 6) is -0.534. The largest absolute Gasteiger partial charge is 0.351 e. The first-order valence-corrected chi connectivity index (χ1v) is 4.86. The third-order valence-electron chi connectivity index (χ3n) is 2.18. The Balaban J connectivity index is 2.21. The standard InChI is InChI=1S/C11H9N3O3/c15-11(13-8-4-2-1-3-5-8)10-9(14(16)17)6-7-12-10/h1-7,12H,(H,13,15). The molecule has 86 valence electrons. The van der Waals surface area contributed by atoms with Crippen LogP contribution in [0.3, 0.4) is 0 Å². The Hall–Kier alpha value is -2.63. The summed E-state index contributed by atoms with van der Waals surface area (Å²) in [6.07, 6.45) is 1.36. The molecule has 0 saturated heterocycles. The number of rotatable bonds is 3.